The molecule has 0 unspecified atom stereocenters. The molecule has 9 heterocycles. The molecule has 0 atom stereocenters. The Kier molecular flexibility index (Phi) is 9.71. The van der Waals surface area contributed by atoms with E-state index in [0.29, 0.717) is 0 Å². The molecule has 0 saturated heterocycles. The molecule has 9 aromatic heterocycles. The molecule has 0 aliphatic heterocycles. The number of pyridine rings is 9. The Morgan fingerprint density at radius 1 is 0.183 bits per heavy atom. The van der Waals surface area contributed by atoms with Crippen molar-refractivity contribution < 1.29 is 0 Å². The molecule has 0 radical (unpaired) electrons. The largest absolute Gasteiger partial charge is 0.255 e. The van der Waals surface area contributed by atoms with Gasteiger partial charge in [-0.25, -0.2) is 15.0 Å². The smallest absolute Gasteiger partial charge is 0.0900 e. The molecule has 1 aromatic carbocycles. The minimum Gasteiger partial charge on any atom is -0.255 e. The van der Waals surface area contributed by atoms with Crippen molar-refractivity contribution in [2.45, 2.75) is 0 Å². The maximum Gasteiger partial charge on any atom is 0.0900 e. The van der Waals surface area contributed by atoms with Crippen molar-refractivity contribution in [2.24, 2.45) is 0 Å². The zero-order valence-corrected chi connectivity index (χ0v) is 32.1. The van der Waals surface area contributed by atoms with Gasteiger partial charge < -0.3 is 0 Å². The normalized spacial score (nSPS) is 11.0. The number of aromatic nitrogens is 9. The summed E-state index contributed by atoms with van der Waals surface area (Å²) in [6, 6.07) is 54.3. The molecule has 0 N–H and O–H groups in total. The van der Waals surface area contributed by atoms with E-state index < -0.39 is 0 Å². The van der Waals surface area contributed by atoms with Gasteiger partial charge in [0.2, 0.25) is 0 Å². The van der Waals surface area contributed by atoms with Gasteiger partial charge in [0.25, 0.3) is 0 Å². The molecule has 282 valence electrons. The fraction of sp³-hybridized carbons (Fsp3) is 0. The standard InChI is InChI=1S/C51H33N9/c1-7-19-52-40(13-1)46-28-37(29-47(58-46)41-14-2-8-20-53-41)34-25-35(38-30-48(42-15-3-9-21-54-42)59-49(31-38)43-16-4-10-22-55-43)27-36(26-34)39-32-50(44-17-5-11-23-56-44)60-51(33-39)45-18-6-12-24-57-45/h1-33H. The van der Waals surface area contributed by atoms with Crippen LogP contribution >= 0.6 is 0 Å². The lowest BCUT2D eigenvalue weighted by Gasteiger charge is -2.16. The van der Waals surface area contributed by atoms with Crippen molar-refractivity contribution in [1.29, 1.82) is 0 Å². The molecular formula is C51H33N9. The van der Waals surface area contributed by atoms with Gasteiger partial charge in [-0.15, -0.1) is 0 Å². The summed E-state index contributed by atoms with van der Waals surface area (Å²) in [6.07, 6.45) is 10.7. The van der Waals surface area contributed by atoms with Crippen molar-refractivity contribution >= 4 is 0 Å². The minimum absolute atomic E-state index is 0.735. The van der Waals surface area contributed by atoms with Crippen molar-refractivity contribution in [3.63, 3.8) is 0 Å². The highest BCUT2D eigenvalue weighted by Crippen LogP contribution is 2.39. The van der Waals surface area contributed by atoms with Gasteiger partial charge in [-0.1, -0.05) is 36.4 Å². The van der Waals surface area contributed by atoms with E-state index in [1.807, 2.05) is 109 Å². The van der Waals surface area contributed by atoms with Crippen LogP contribution in [0.5, 0.6) is 0 Å². The average Bonchev–Trinajstić information content (AvgIpc) is 3.35. The summed E-state index contributed by atoms with van der Waals surface area (Å²) in [4.78, 5) is 43.3. The number of hydrogen-bond donors (Lipinski definition) is 0. The van der Waals surface area contributed by atoms with E-state index in [0.717, 1.165) is 102 Å². The molecule has 0 spiro atoms. The number of benzene rings is 1. The molecule has 0 aliphatic rings. The van der Waals surface area contributed by atoms with E-state index in [4.69, 9.17) is 15.0 Å². The first-order valence-electron chi connectivity index (χ1n) is 19.4. The highest BCUT2D eigenvalue weighted by molar-refractivity contribution is 5.87. The SMILES string of the molecule is c1ccc(-c2cc(-c3cc(-c4cc(-c5ccccn5)nc(-c5ccccn5)c4)cc(-c4cc(-c5ccccn5)nc(-c5ccccn5)c4)c3)cc(-c3ccccn3)n2)nc1. The second-order valence-corrected chi connectivity index (χ2v) is 14.0. The fourth-order valence-corrected chi connectivity index (χ4v) is 7.09. The van der Waals surface area contributed by atoms with Gasteiger partial charge in [0.15, 0.2) is 0 Å². The highest BCUT2D eigenvalue weighted by Gasteiger charge is 2.17. The van der Waals surface area contributed by atoms with Crippen LogP contribution in [0.15, 0.2) is 201 Å². The van der Waals surface area contributed by atoms with E-state index >= 15 is 0 Å². The average molecular weight is 772 g/mol. The van der Waals surface area contributed by atoms with Gasteiger partial charge >= 0.3 is 0 Å². The molecule has 10 rings (SSSR count). The number of nitrogens with zero attached hydrogens (tertiary/aromatic N) is 9. The summed E-state index contributed by atoms with van der Waals surface area (Å²) in [7, 11) is 0. The van der Waals surface area contributed by atoms with Gasteiger partial charge in [0.05, 0.1) is 68.3 Å². The summed E-state index contributed by atoms with van der Waals surface area (Å²) in [6.45, 7) is 0. The Labute approximate surface area is 346 Å². The van der Waals surface area contributed by atoms with Crippen molar-refractivity contribution in [3.8, 4) is 102 Å². The third kappa shape index (κ3) is 7.66. The fourth-order valence-electron chi connectivity index (χ4n) is 7.09. The maximum absolute atomic E-state index is 5.07. The summed E-state index contributed by atoms with van der Waals surface area (Å²) < 4.78 is 0. The second kappa shape index (κ2) is 16.2. The molecular weight excluding hydrogens is 739 g/mol. The third-order valence-electron chi connectivity index (χ3n) is 9.97. The van der Waals surface area contributed by atoms with Crippen LogP contribution in [0.1, 0.15) is 0 Å². The first-order chi connectivity index (χ1) is 29.7. The van der Waals surface area contributed by atoms with Crippen molar-refractivity contribution in [1.82, 2.24) is 44.9 Å². The maximum atomic E-state index is 5.07. The topological polar surface area (TPSA) is 116 Å². The Bertz CT molecular complexity index is 2540. The Balaban J connectivity index is 1.24. The molecule has 0 bridgehead atoms. The lowest BCUT2D eigenvalue weighted by atomic mass is 9.91. The van der Waals surface area contributed by atoms with Crippen LogP contribution in [0, 0.1) is 0 Å². The van der Waals surface area contributed by atoms with Crippen molar-refractivity contribution in [3.05, 3.63) is 201 Å². The van der Waals surface area contributed by atoms with Gasteiger partial charge in [-0.3, -0.25) is 29.9 Å². The Morgan fingerprint density at radius 2 is 0.367 bits per heavy atom. The quantitative estimate of drug-likeness (QED) is 0.141. The van der Waals surface area contributed by atoms with E-state index in [1.165, 1.54) is 0 Å². The summed E-state index contributed by atoms with van der Waals surface area (Å²) >= 11 is 0. The van der Waals surface area contributed by atoms with Crippen molar-refractivity contribution in [2.75, 3.05) is 0 Å². The van der Waals surface area contributed by atoms with Gasteiger partial charge in [-0.05, 0) is 161 Å². The van der Waals surface area contributed by atoms with Gasteiger partial charge in [0, 0.05) is 37.2 Å². The molecule has 0 aliphatic carbocycles. The van der Waals surface area contributed by atoms with Crippen LogP contribution in [0.3, 0.4) is 0 Å². The third-order valence-corrected chi connectivity index (χ3v) is 9.97. The zero-order chi connectivity index (χ0) is 40.1. The van der Waals surface area contributed by atoms with Crippen LogP contribution in [0.4, 0.5) is 0 Å². The predicted octanol–water partition coefficient (Wildman–Crippen LogP) is 11.2. The predicted molar refractivity (Wildman–Crippen MR) is 236 cm³/mol. The molecule has 0 amide bonds. The van der Waals surface area contributed by atoms with Crippen LogP contribution < -0.4 is 0 Å². The first kappa shape index (κ1) is 35.9. The molecule has 10 aromatic rings. The molecule has 0 saturated carbocycles. The first-order valence-corrected chi connectivity index (χ1v) is 19.4. The van der Waals surface area contributed by atoms with Gasteiger partial charge in [0.1, 0.15) is 0 Å². The number of hydrogen-bond acceptors (Lipinski definition) is 9. The highest BCUT2D eigenvalue weighted by atomic mass is 14.8. The zero-order valence-electron chi connectivity index (χ0n) is 32.1. The second-order valence-electron chi connectivity index (χ2n) is 14.0. The molecule has 9 nitrogen and oxygen atoms in total. The molecule has 60 heavy (non-hydrogen) atoms. The Morgan fingerprint density at radius 3 is 0.533 bits per heavy atom. The summed E-state index contributed by atoms with van der Waals surface area (Å²) in [5.41, 5.74) is 14.7. The van der Waals surface area contributed by atoms with Crippen LogP contribution in [0.25, 0.3) is 102 Å². The summed E-state index contributed by atoms with van der Waals surface area (Å²) in [5, 5.41) is 0. The molecule has 9 heteroatoms. The summed E-state index contributed by atoms with van der Waals surface area (Å²) in [5.74, 6) is 0. The molecule has 0 fully saturated rings. The van der Waals surface area contributed by atoms with E-state index in [2.05, 4.69) is 84.5 Å². The van der Waals surface area contributed by atoms with E-state index in [9.17, 15) is 0 Å². The monoisotopic (exact) mass is 771 g/mol. The van der Waals surface area contributed by atoms with E-state index in [-0.39, 0.29) is 0 Å². The lowest BCUT2D eigenvalue weighted by molar-refractivity contribution is 1.22. The number of rotatable bonds is 9. The van der Waals surface area contributed by atoms with Crippen LogP contribution in [-0.4, -0.2) is 44.9 Å². The van der Waals surface area contributed by atoms with Gasteiger partial charge in [-0.2, -0.15) is 0 Å². The van der Waals surface area contributed by atoms with E-state index in [1.54, 1.807) is 37.2 Å². The van der Waals surface area contributed by atoms with Crippen LogP contribution in [0.2, 0.25) is 0 Å². The lowest BCUT2D eigenvalue weighted by Crippen LogP contribution is -1.96. The van der Waals surface area contributed by atoms with Crippen LogP contribution in [-0.2, 0) is 0 Å². The minimum atomic E-state index is 0.735. The Hall–Kier alpha value is -8.43.